The molecule has 0 saturated heterocycles. The third-order valence-electron chi connectivity index (χ3n) is 1.10. The Hall–Kier alpha value is -1.80. The van der Waals surface area contributed by atoms with E-state index in [1.807, 2.05) is 0 Å². The molecule has 70 valence electrons. The first-order valence-corrected chi connectivity index (χ1v) is 4.48. The molecule has 1 N–H and O–H groups in total. The summed E-state index contributed by atoms with van der Waals surface area (Å²) in [5.74, 6) is 21.1. The topological polar surface area (TPSA) is 20.2 Å². The Bertz CT molecular complexity index is 334. The molecule has 0 aliphatic rings. The molecule has 0 aliphatic heterocycles. The molecule has 0 unspecified atom stereocenters. The van der Waals surface area contributed by atoms with Gasteiger partial charge in [-0.15, -0.1) is 0 Å². The second kappa shape index (κ2) is 11.2. The smallest absolute Gasteiger partial charge is 0.0540 e. The fourth-order valence-electron chi connectivity index (χ4n) is 0.519. The normalized spacial score (nSPS) is 6.14. The van der Waals surface area contributed by atoms with Gasteiger partial charge in [-0.1, -0.05) is 18.8 Å². The van der Waals surface area contributed by atoms with Crippen LogP contribution in [0.2, 0.25) is 0 Å². The van der Waals surface area contributed by atoms with Crippen molar-refractivity contribution in [2.24, 2.45) is 0 Å². The summed E-state index contributed by atoms with van der Waals surface area (Å²) in [5.41, 5.74) is 0. The first-order chi connectivity index (χ1) is 6.91. The van der Waals surface area contributed by atoms with Crippen LogP contribution in [0.25, 0.3) is 0 Å². The molecule has 1 heteroatoms. The molecule has 0 amide bonds. The maximum Gasteiger partial charge on any atom is 0.0540 e. The summed E-state index contributed by atoms with van der Waals surface area (Å²) in [6, 6.07) is 0. The summed E-state index contributed by atoms with van der Waals surface area (Å²) >= 11 is 0. The van der Waals surface area contributed by atoms with Crippen molar-refractivity contribution < 1.29 is 5.11 Å². The van der Waals surface area contributed by atoms with Crippen molar-refractivity contribution in [2.45, 2.75) is 26.2 Å². The summed E-state index contributed by atoms with van der Waals surface area (Å²) in [7, 11) is 0. The number of hydrogen-bond acceptors (Lipinski definition) is 1. The average Bonchev–Trinajstić information content (AvgIpc) is 2.21. The van der Waals surface area contributed by atoms with Crippen molar-refractivity contribution in [1.82, 2.24) is 0 Å². The molecule has 1 nitrogen and oxygen atoms in total. The molecule has 0 rings (SSSR count). The van der Waals surface area contributed by atoms with Gasteiger partial charge in [0.15, 0.2) is 0 Å². The lowest BCUT2D eigenvalue weighted by Gasteiger charge is -1.72. The Morgan fingerprint density at radius 1 is 0.786 bits per heavy atom. The van der Waals surface area contributed by atoms with Gasteiger partial charge in [-0.25, -0.2) is 0 Å². The molecular weight excluding hydrogens is 172 g/mol. The van der Waals surface area contributed by atoms with Gasteiger partial charge in [0.25, 0.3) is 0 Å². The van der Waals surface area contributed by atoms with E-state index in [9.17, 15) is 0 Å². The van der Waals surface area contributed by atoms with Crippen molar-refractivity contribution in [2.75, 3.05) is 6.61 Å². The molecule has 0 aromatic heterocycles. The Labute approximate surface area is 85.9 Å². The summed E-state index contributed by atoms with van der Waals surface area (Å²) in [6.07, 6.45) is 2.38. The van der Waals surface area contributed by atoms with E-state index < -0.39 is 0 Å². The van der Waals surface area contributed by atoms with Crippen molar-refractivity contribution in [3.05, 3.63) is 0 Å². The van der Waals surface area contributed by atoms with Crippen LogP contribution < -0.4 is 0 Å². The minimum Gasteiger partial charge on any atom is -0.395 e. The fourth-order valence-corrected chi connectivity index (χ4v) is 0.519. The number of aliphatic hydroxyl groups excluding tert-OH is 1. The van der Waals surface area contributed by atoms with Gasteiger partial charge in [0.2, 0.25) is 0 Å². The maximum absolute atomic E-state index is 8.39. The standard InChI is InChI=1S/C13H12O/c1-2-3-4-5-6-7-8-9-10-11-12-13-14/h14H,2-3,12-13H2,1H3. The maximum atomic E-state index is 8.39. The molecular formula is C13H12O. The van der Waals surface area contributed by atoms with Crippen LogP contribution in [-0.2, 0) is 0 Å². The van der Waals surface area contributed by atoms with Crippen molar-refractivity contribution in [1.29, 1.82) is 0 Å². The van der Waals surface area contributed by atoms with Gasteiger partial charge in [-0.3, -0.25) is 0 Å². The zero-order valence-electron chi connectivity index (χ0n) is 8.28. The molecule has 0 aliphatic carbocycles. The van der Waals surface area contributed by atoms with Gasteiger partial charge in [-0.05, 0) is 41.9 Å². The van der Waals surface area contributed by atoms with E-state index in [-0.39, 0.29) is 6.61 Å². The first-order valence-electron chi connectivity index (χ1n) is 4.48. The monoisotopic (exact) mass is 184 g/mol. The minimum absolute atomic E-state index is 0.0723. The number of unbranched alkanes of at least 4 members (excludes halogenated alkanes) is 1. The predicted molar refractivity (Wildman–Crippen MR) is 57.7 cm³/mol. The highest BCUT2D eigenvalue weighted by Crippen LogP contribution is 1.79. The lowest BCUT2D eigenvalue weighted by Crippen LogP contribution is -1.74. The summed E-state index contributed by atoms with van der Waals surface area (Å²) < 4.78 is 0. The summed E-state index contributed by atoms with van der Waals surface area (Å²) in [5, 5.41) is 8.39. The van der Waals surface area contributed by atoms with Crippen LogP contribution in [0.3, 0.4) is 0 Å². The van der Waals surface area contributed by atoms with Crippen molar-refractivity contribution in [3.8, 4) is 47.4 Å². The molecule has 0 atom stereocenters. The van der Waals surface area contributed by atoms with E-state index in [4.69, 9.17) is 5.11 Å². The highest BCUT2D eigenvalue weighted by Gasteiger charge is 1.67. The van der Waals surface area contributed by atoms with Crippen molar-refractivity contribution in [3.63, 3.8) is 0 Å². The van der Waals surface area contributed by atoms with Crippen LogP contribution in [0.4, 0.5) is 0 Å². The van der Waals surface area contributed by atoms with E-state index >= 15 is 0 Å². The van der Waals surface area contributed by atoms with Gasteiger partial charge in [-0.2, -0.15) is 0 Å². The lowest BCUT2D eigenvalue weighted by molar-refractivity contribution is 0.305. The molecule has 0 spiro atoms. The van der Waals surface area contributed by atoms with Gasteiger partial charge in [0, 0.05) is 12.8 Å². The predicted octanol–water partition coefficient (Wildman–Crippen LogP) is 1.18. The minimum atomic E-state index is 0.0723. The van der Waals surface area contributed by atoms with Crippen LogP contribution in [0.5, 0.6) is 0 Å². The summed E-state index contributed by atoms with van der Waals surface area (Å²) in [6.45, 7) is 2.14. The second-order valence-electron chi connectivity index (χ2n) is 2.33. The molecule has 0 aromatic rings. The zero-order valence-corrected chi connectivity index (χ0v) is 8.28. The van der Waals surface area contributed by atoms with E-state index in [0.717, 1.165) is 12.8 Å². The van der Waals surface area contributed by atoms with E-state index in [2.05, 4.69) is 54.3 Å². The fraction of sp³-hybridized carbons (Fsp3) is 0.385. The van der Waals surface area contributed by atoms with Gasteiger partial charge in [0.1, 0.15) is 0 Å². The first kappa shape index (κ1) is 12.2. The molecule has 0 fully saturated rings. The zero-order chi connectivity index (χ0) is 10.5. The Morgan fingerprint density at radius 3 is 1.79 bits per heavy atom. The highest BCUT2D eigenvalue weighted by atomic mass is 16.2. The SMILES string of the molecule is CCCC#CC#CC#CC#CCCO. The molecule has 0 heterocycles. The van der Waals surface area contributed by atoms with Crippen LogP contribution >= 0.6 is 0 Å². The summed E-state index contributed by atoms with van der Waals surface area (Å²) in [4.78, 5) is 0. The van der Waals surface area contributed by atoms with E-state index in [0.29, 0.717) is 6.42 Å². The third kappa shape index (κ3) is 10.2. The van der Waals surface area contributed by atoms with Crippen LogP contribution in [0, 0.1) is 47.4 Å². The van der Waals surface area contributed by atoms with E-state index in [1.165, 1.54) is 0 Å². The third-order valence-corrected chi connectivity index (χ3v) is 1.10. The second-order valence-corrected chi connectivity index (χ2v) is 2.33. The lowest BCUT2D eigenvalue weighted by atomic mass is 10.3. The van der Waals surface area contributed by atoms with Crippen LogP contribution in [0.15, 0.2) is 0 Å². The number of aliphatic hydroxyl groups is 1. The van der Waals surface area contributed by atoms with Crippen LogP contribution in [-0.4, -0.2) is 11.7 Å². The highest BCUT2D eigenvalue weighted by molar-refractivity contribution is 5.39. The Morgan fingerprint density at radius 2 is 1.29 bits per heavy atom. The van der Waals surface area contributed by atoms with E-state index in [1.54, 1.807) is 0 Å². The molecule has 14 heavy (non-hydrogen) atoms. The van der Waals surface area contributed by atoms with Gasteiger partial charge < -0.3 is 5.11 Å². The Kier molecular flexibility index (Phi) is 9.76. The Balaban J connectivity index is 3.82. The molecule has 0 radical (unpaired) electrons. The molecule has 0 aromatic carbocycles. The molecule has 0 bridgehead atoms. The van der Waals surface area contributed by atoms with Gasteiger partial charge >= 0.3 is 0 Å². The number of rotatable bonds is 2. The molecule has 0 saturated carbocycles. The van der Waals surface area contributed by atoms with Crippen molar-refractivity contribution >= 4 is 0 Å². The number of hydrogen-bond donors (Lipinski definition) is 1. The van der Waals surface area contributed by atoms with Gasteiger partial charge in [0.05, 0.1) is 6.61 Å². The quantitative estimate of drug-likeness (QED) is 0.639. The van der Waals surface area contributed by atoms with Crippen LogP contribution in [0.1, 0.15) is 26.2 Å². The largest absolute Gasteiger partial charge is 0.395 e. The average molecular weight is 184 g/mol.